The summed E-state index contributed by atoms with van der Waals surface area (Å²) >= 11 is 0. The third kappa shape index (κ3) is 6.04. The molecular weight excluding hydrogens is 522 g/mol. The predicted molar refractivity (Wildman–Crippen MR) is 125 cm³/mol. The molecule has 0 radical (unpaired) electrons. The average Bonchev–Trinajstić information content (AvgIpc) is 3.45. The van der Waals surface area contributed by atoms with Gasteiger partial charge in [-0.15, -0.1) is 23.3 Å². The first-order valence-corrected chi connectivity index (χ1v) is 10.4. The van der Waals surface area contributed by atoms with Crippen LogP contribution in [0.4, 0.5) is 0 Å². The second kappa shape index (κ2) is 12.9. The minimum absolute atomic E-state index is 0. The first-order valence-electron chi connectivity index (χ1n) is 10.4. The minimum atomic E-state index is 0. The summed E-state index contributed by atoms with van der Waals surface area (Å²) in [5, 5.41) is 0. The number of rotatable bonds is 2. The van der Waals surface area contributed by atoms with Gasteiger partial charge in [0.15, 0.2) is 0 Å². The third-order valence-electron chi connectivity index (χ3n) is 5.69. The van der Waals surface area contributed by atoms with Crippen LogP contribution in [0.1, 0.15) is 45.2 Å². The van der Waals surface area contributed by atoms with Crippen molar-refractivity contribution in [3.05, 3.63) is 155 Å². The van der Waals surface area contributed by atoms with Gasteiger partial charge in [-0.3, -0.25) is 12.2 Å². The van der Waals surface area contributed by atoms with E-state index in [1.807, 2.05) is 12.1 Å². The van der Waals surface area contributed by atoms with Gasteiger partial charge in [0.2, 0.25) is 0 Å². The molecule has 0 fully saturated rings. The Bertz CT molecular complexity index is 1100. The van der Waals surface area contributed by atoms with Gasteiger partial charge in [0, 0.05) is 0 Å². The smallest absolute Gasteiger partial charge is 1.00 e. The Hall–Kier alpha value is -2.18. The maximum atomic E-state index is 3.41. The molecular formula is C30H22Cl2Zr. The first-order chi connectivity index (χ1) is 14.9. The summed E-state index contributed by atoms with van der Waals surface area (Å²) in [6, 6.07) is 38.1. The monoisotopic (exact) mass is 542 g/mol. The van der Waals surface area contributed by atoms with Gasteiger partial charge >= 0.3 is 26.2 Å². The summed E-state index contributed by atoms with van der Waals surface area (Å²) in [4.78, 5) is 0. The van der Waals surface area contributed by atoms with E-state index in [0.29, 0.717) is 11.8 Å². The van der Waals surface area contributed by atoms with Crippen LogP contribution >= 0.6 is 0 Å². The van der Waals surface area contributed by atoms with E-state index in [0.717, 1.165) is 0 Å². The quantitative estimate of drug-likeness (QED) is 0.334. The van der Waals surface area contributed by atoms with Gasteiger partial charge < -0.3 is 24.8 Å². The van der Waals surface area contributed by atoms with Gasteiger partial charge in [0.05, 0.1) is 0 Å². The minimum Gasteiger partial charge on any atom is -1.00 e. The summed E-state index contributed by atoms with van der Waals surface area (Å²) in [6.45, 7) is 0. The van der Waals surface area contributed by atoms with Crippen LogP contribution < -0.4 is 24.8 Å². The van der Waals surface area contributed by atoms with Crippen LogP contribution in [0, 0.1) is 12.2 Å². The van der Waals surface area contributed by atoms with Gasteiger partial charge in [0.25, 0.3) is 0 Å². The van der Waals surface area contributed by atoms with E-state index >= 15 is 0 Å². The zero-order valence-corrected chi connectivity index (χ0v) is 21.9. The number of hydrogen-bond acceptors (Lipinski definition) is 0. The molecule has 3 heteroatoms. The number of allylic oxidation sites excluding steroid dienone is 2. The Morgan fingerprint density at radius 2 is 0.758 bits per heavy atom. The molecule has 2 aliphatic rings. The topological polar surface area (TPSA) is 0 Å². The summed E-state index contributed by atoms with van der Waals surface area (Å²) < 4.78 is 0. The zero-order chi connectivity index (χ0) is 20.2. The van der Waals surface area contributed by atoms with Crippen molar-refractivity contribution < 1.29 is 51.0 Å². The molecule has 0 N–H and O–H groups in total. The molecule has 0 amide bonds. The number of hydrogen-bond donors (Lipinski definition) is 0. The van der Waals surface area contributed by atoms with Crippen LogP contribution in [0.25, 0.3) is 12.2 Å². The number of fused-ring (bicyclic) bond motifs is 2. The van der Waals surface area contributed by atoms with Crippen molar-refractivity contribution in [2.24, 2.45) is 0 Å². The summed E-state index contributed by atoms with van der Waals surface area (Å²) in [6.07, 6.45) is 11.0. The van der Waals surface area contributed by atoms with Gasteiger partial charge in [-0.05, 0) is 0 Å². The SMILES string of the molecule is [C-]1=Cc2ccccc2C1c1ccccc1.[C-]1=Cc2ccccc2C1c1ccccc1.[Cl-].[Cl-].[Zr+4]. The van der Waals surface area contributed by atoms with Crippen molar-refractivity contribution in [2.45, 2.75) is 11.8 Å². The van der Waals surface area contributed by atoms with Crippen molar-refractivity contribution in [3.8, 4) is 0 Å². The van der Waals surface area contributed by atoms with Crippen LogP contribution in [-0.2, 0) is 26.2 Å². The van der Waals surface area contributed by atoms with Crippen molar-refractivity contribution >= 4 is 12.2 Å². The Kier molecular flexibility index (Phi) is 10.6. The molecule has 2 unspecified atom stereocenters. The maximum Gasteiger partial charge on any atom is 4.00 e. The molecule has 0 heterocycles. The fraction of sp³-hybridized carbons (Fsp3) is 0.0667. The van der Waals surface area contributed by atoms with Crippen molar-refractivity contribution in [1.82, 2.24) is 0 Å². The van der Waals surface area contributed by atoms with Crippen LogP contribution in [-0.4, -0.2) is 0 Å². The predicted octanol–water partition coefficient (Wildman–Crippen LogP) is 1.30. The van der Waals surface area contributed by atoms with E-state index < -0.39 is 0 Å². The Morgan fingerprint density at radius 1 is 0.424 bits per heavy atom. The van der Waals surface area contributed by atoms with E-state index in [2.05, 4.69) is 121 Å². The van der Waals surface area contributed by atoms with Crippen molar-refractivity contribution in [2.75, 3.05) is 0 Å². The standard InChI is InChI=1S/2C15H11.2ClH.Zr/c2*1-2-6-12(7-3-1)15-11-10-13-8-4-5-9-14(13)15;;;/h2*1-10,15H;2*1H;/q2*-1;;;+4/p-2. The van der Waals surface area contributed by atoms with Gasteiger partial charge in [0.1, 0.15) is 0 Å². The molecule has 0 bridgehead atoms. The second-order valence-corrected chi connectivity index (χ2v) is 7.57. The normalized spacial score (nSPS) is 16.1. The van der Waals surface area contributed by atoms with Gasteiger partial charge in [-0.25, -0.2) is 12.2 Å². The molecule has 0 nitrogen and oxygen atoms in total. The molecule has 0 aliphatic heterocycles. The molecule has 6 rings (SSSR count). The number of halogens is 2. The fourth-order valence-corrected chi connectivity index (χ4v) is 4.18. The summed E-state index contributed by atoms with van der Waals surface area (Å²) in [5.74, 6) is 0.643. The molecule has 4 aromatic carbocycles. The largest absolute Gasteiger partial charge is 4.00 e. The van der Waals surface area contributed by atoms with E-state index in [4.69, 9.17) is 0 Å². The Labute approximate surface area is 228 Å². The molecule has 33 heavy (non-hydrogen) atoms. The molecule has 2 aliphatic carbocycles. The Balaban J connectivity index is 0.000000214. The molecule has 4 aromatic rings. The van der Waals surface area contributed by atoms with Crippen LogP contribution in [0.2, 0.25) is 0 Å². The van der Waals surface area contributed by atoms with Gasteiger partial charge in [-0.1, -0.05) is 120 Å². The zero-order valence-electron chi connectivity index (χ0n) is 18.0. The van der Waals surface area contributed by atoms with Crippen molar-refractivity contribution in [1.29, 1.82) is 0 Å². The average molecular weight is 545 g/mol. The Morgan fingerprint density at radius 3 is 1.15 bits per heavy atom. The molecule has 2 atom stereocenters. The summed E-state index contributed by atoms with van der Waals surface area (Å²) in [7, 11) is 0. The van der Waals surface area contributed by atoms with Crippen molar-refractivity contribution in [3.63, 3.8) is 0 Å². The third-order valence-corrected chi connectivity index (χ3v) is 5.69. The first kappa shape index (κ1) is 27.1. The fourth-order valence-electron chi connectivity index (χ4n) is 4.18. The molecule has 160 valence electrons. The molecule has 0 saturated carbocycles. The number of benzene rings is 4. The molecule has 0 aromatic heterocycles. The van der Waals surface area contributed by atoms with E-state index in [9.17, 15) is 0 Å². The second-order valence-electron chi connectivity index (χ2n) is 7.57. The van der Waals surface area contributed by atoms with E-state index in [-0.39, 0.29) is 51.0 Å². The maximum absolute atomic E-state index is 3.41. The summed E-state index contributed by atoms with van der Waals surface area (Å²) in [5.41, 5.74) is 7.96. The molecule has 0 spiro atoms. The van der Waals surface area contributed by atoms with E-state index in [1.54, 1.807) is 0 Å². The van der Waals surface area contributed by atoms with Crippen LogP contribution in [0.3, 0.4) is 0 Å². The van der Waals surface area contributed by atoms with E-state index in [1.165, 1.54) is 33.4 Å². The van der Waals surface area contributed by atoms with Crippen LogP contribution in [0.15, 0.2) is 109 Å². The molecule has 0 saturated heterocycles. The van der Waals surface area contributed by atoms with Gasteiger partial charge in [-0.2, -0.15) is 11.1 Å². The van der Waals surface area contributed by atoms with Crippen LogP contribution in [0.5, 0.6) is 0 Å².